The van der Waals surface area contributed by atoms with E-state index in [1.54, 1.807) is 37.3 Å². The van der Waals surface area contributed by atoms with E-state index in [0.29, 0.717) is 0 Å². The van der Waals surface area contributed by atoms with Crippen molar-refractivity contribution in [2.24, 2.45) is 16.3 Å². The zero-order valence-corrected chi connectivity index (χ0v) is 23.2. The van der Waals surface area contributed by atoms with Crippen LogP contribution >= 0.6 is 7.75 Å². The largest absolute Gasteiger partial charge is 0.464 e. The van der Waals surface area contributed by atoms with Gasteiger partial charge in [0.05, 0.1) is 31.3 Å². The molecule has 2 heterocycles. The van der Waals surface area contributed by atoms with Crippen molar-refractivity contribution in [2.45, 2.75) is 52.2 Å². The highest BCUT2D eigenvalue weighted by Gasteiger charge is 2.54. The first-order valence-corrected chi connectivity index (χ1v) is 13.9. The molecule has 6 atom stereocenters. The number of para-hydroxylation sites is 1. The molecule has 0 amide bonds. The van der Waals surface area contributed by atoms with Gasteiger partial charge in [0.2, 0.25) is 0 Å². The minimum atomic E-state index is -4.24. The molecule has 0 spiro atoms. The maximum atomic E-state index is 13.8. The molecular formula is C25H35N4O9P. The number of H-pyrrole nitrogens is 1. The third kappa shape index (κ3) is 7.52. The zero-order valence-electron chi connectivity index (χ0n) is 22.3. The fourth-order valence-corrected chi connectivity index (χ4v) is 5.55. The number of hydrogen-bond donors (Lipinski definition) is 3. The first-order chi connectivity index (χ1) is 18.4. The Balaban J connectivity index is 1.83. The summed E-state index contributed by atoms with van der Waals surface area (Å²) in [5.74, 6) is -0.334. The van der Waals surface area contributed by atoms with Crippen molar-refractivity contribution in [3.8, 4) is 5.75 Å². The molecule has 1 aromatic heterocycles. The van der Waals surface area contributed by atoms with Crippen LogP contribution in [0.15, 0.2) is 57.2 Å². The Morgan fingerprint density at radius 3 is 2.59 bits per heavy atom. The van der Waals surface area contributed by atoms with Gasteiger partial charge in [0.1, 0.15) is 24.1 Å². The lowest BCUT2D eigenvalue weighted by molar-refractivity contribution is -0.146. The Morgan fingerprint density at radius 2 is 1.97 bits per heavy atom. The molecule has 3 rings (SSSR count). The minimum Gasteiger partial charge on any atom is -0.464 e. The third-order valence-electron chi connectivity index (χ3n) is 6.09. The molecule has 0 radical (unpaired) electrons. The van der Waals surface area contributed by atoms with Crippen LogP contribution in [0.5, 0.6) is 5.75 Å². The number of rotatable bonds is 13. The van der Waals surface area contributed by atoms with Gasteiger partial charge in [0.15, 0.2) is 0 Å². The lowest BCUT2D eigenvalue weighted by atomic mass is 9.82. The average molecular weight is 567 g/mol. The van der Waals surface area contributed by atoms with Crippen LogP contribution in [-0.2, 0) is 23.4 Å². The average Bonchev–Trinajstić information content (AvgIpc) is 3.11. The van der Waals surface area contributed by atoms with Crippen LogP contribution in [0.3, 0.4) is 0 Å². The molecule has 0 bridgehead atoms. The number of aliphatic hydroxyl groups is 1. The number of nitrogens with zero attached hydrogens (tertiary/aromatic N) is 2. The van der Waals surface area contributed by atoms with Gasteiger partial charge in [-0.05, 0) is 31.7 Å². The summed E-state index contributed by atoms with van der Waals surface area (Å²) < 4.78 is 37.5. The molecule has 39 heavy (non-hydrogen) atoms. The van der Waals surface area contributed by atoms with Crippen LogP contribution in [0.25, 0.3) is 0 Å². The van der Waals surface area contributed by atoms with Gasteiger partial charge in [-0.25, -0.2) is 9.36 Å². The van der Waals surface area contributed by atoms with Crippen LogP contribution < -0.4 is 20.9 Å². The number of hydrogen-bond acceptors (Lipinski definition) is 10. The standard InChI is InChI=1S/C25H35N4O9P/c1-16(2)13-35-22(32)17(3)28-39(34,38-18-9-7-6-8-10-18)36-14-19-21(31)25(4,15-26-5)23(37-19)29-12-11-20(30)27-24(29)33/h6-12,16-17,19,21,23,31H,5,13-15H2,1-4H3,(H,28,34)(H,27,30,33). The zero-order chi connectivity index (χ0) is 28.8. The SMILES string of the molecule is C=NCC1(C)C(O)C(COP(=O)(NC(C)C(=O)OCC(C)C)Oc2ccccc2)OC1n1ccc(=O)[nH]c1=O. The van der Waals surface area contributed by atoms with Crippen LogP contribution in [0.4, 0.5) is 0 Å². The normalized spacial score (nSPS) is 25.1. The van der Waals surface area contributed by atoms with Crippen molar-refractivity contribution < 1.29 is 33.0 Å². The highest BCUT2D eigenvalue weighted by atomic mass is 31.2. The Morgan fingerprint density at radius 1 is 1.28 bits per heavy atom. The molecule has 6 unspecified atom stereocenters. The Labute approximate surface area is 225 Å². The Bertz CT molecular complexity index is 1300. The molecule has 1 fully saturated rings. The van der Waals surface area contributed by atoms with Gasteiger partial charge >= 0.3 is 19.4 Å². The molecule has 3 N–H and O–H groups in total. The summed E-state index contributed by atoms with van der Waals surface area (Å²) in [6.45, 7) is 10.1. The first kappa shape index (κ1) is 30.5. The summed E-state index contributed by atoms with van der Waals surface area (Å²) >= 11 is 0. The van der Waals surface area contributed by atoms with Crippen molar-refractivity contribution in [3.05, 3.63) is 63.4 Å². The van der Waals surface area contributed by atoms with Crippen LogP contribution in [0.1, 0.15) is 33.9 Å². The predicted octanol–water partition coefficient (Wildman–Crippen LogP) is 1.88. The van der Waals surface area contributed by atoms with Crippen molar-refractivity contribution in [1.29, 1.82) is 0 Å². The number of benzene rings is 1. The molecule has 0 saturated carbocycles. The molecule has 0 aliphatic carbocycles. The van der Waals surface area contributed by atoms with Gasteiger partial charge in [0.25, 0.3) is 5.56 Å². The van der Waals surface area contributed by atoms with E-state index in [9.17, 15) is 24.1 Å². The predicted molar refractivity (Wildman–Crippen MR) is 143 cm³/mol. The van der Waals surface area contributed by atoms with Gasteiger partial charge in [0, 0.05) is 12.3 Å². The fourth-order valence-electron chi connectivity index (χ4n) is 4.05. The first-order valence-electron chi connectivity index (χ1n) is 12.4. The maximum Gasteiger partial charge on any atom is 0.459 e. The summed E-state index contributed by atoms with van der Waals surface area (Å²) in [6.07, 6.45) is -2.18. The van der Waals surface area contributed by atoms with Crippen molar-refractivity contribution in [1.82, 2.24) is 14.6 Å². The van der Waals surface area contributed by atoms with Gasteiger partial charge < -0.3 is 24.1 Å². The number of aromatic amines is 1. The summed E-state index contributed by atoms with van der Waals surface area (Å²) in [4.78, 5) is 42.5. The quantitative estimate of drug-likeness (QED) is 0.185. The number of nitrogens with one attached hydrogen (secondary N) is 2. The van der Waals surface area contributed by atoms with Crippen LogP contribution in [0, 0.1) is 11.3 Å². The number of esters is 1. The minimum absolute atomic E-state index is 0.00392. The number of aliphatic hydroxyl groups excluding tert-OH is 1. The topological polar surface area (TPSA) is 171 Å². The van der Waals surface area contributed by atoms with Crippen molar-refractivity contribution in [3.63, 3.8) is 0 Å². The number of aliphatic imine (C=N–C) groups is 1. The molecule has 2 aromatic rings. The number of carbonyl (C=O) groups is 1. The Hall–Kier alpha value is -3.09. The van der Waals surface area contributed by atoms with E-state index in [4.69, 9.17) is 18.5 Å². The third-order valence-corrected chi connectivity index (χ3v) is 7.74. The monoisotopic (exact) mass is 566 g/mol. The van der Waals surface area contributed by atoms with Gasteiger partial charge in [-0.1, -0.05) is 39.0 Å². The molecule has 13 nitrogen and oxygen atoms in total. The molecular weight excluding hydrogens is 531 g/mol. The van der Waals surface area contributed by atoms with Crippen molar-refractivity contribution in [2.75, 3.05) is 19.8 Å². The molecule has 1 aliphatic heterocycles. The highest BCUT2D eigenvalue weighted by molar-refractivity contribution is 7.52. The fraction of sp³-hybridized carbons (Fsp3) is 0.520. The molecule has 14 heteroatoms. The second-order valence-electron chi connectivity index (χ2n) is 9.95. The lowest BCUT2D eigenvalue weighted by Gasteiger charge is -2.31. The van der Waals surface area contributed by atoms with E-state index in [2.05, 4.69) is 21.8 Å². The number of aromatic nitrogens is 2. The van der Waals surface area contributed by atoms with E-state index < -0.39 is 61.5 Å². The summed E-state index contributed by atoms with van der Waals surface area (Å²) in [7, 11) is -4.24. The number of ether oxygens (including phenoxy) is 2. The number of carbonyl (C=O) groups excluding carboxylic acids is 1. The summed E-state index contributed by atoms with van der Waals surface area (Å²) in [5.41, 5.74) is -2.50. The van der Waals surface area contributed by atoms with Gasteiger partial charge in [-0.15, -0.1) is 0 Å². The van der Waals surface area contributed by atoms with Crippen LogP contribution in [-0.4, -0.2) is 65.4 Å². The maximum absolute atomic E-state index is 13.8. The second kappa shape index (κ2) is 12.8. The molecule has 1 saturated heterocycles. The van der Waals surface area contributed by atoms with E-state index in [1.165, 1.54) is 13.1 Å². The van der Waals surface area contributed by atoms with E-state index >= 15 is 0 Å². The van der Waals surface area contributed by atoms with Crippen LogP contribution in [0.2, 0.25) is 0 Å². The molecule has 1 aliphatic rings. The van der Waals surface area contributed by atoms with E-state index in [1.807, 2.05) is 13.8 Å². The lowest BCUT2D eigenvalue weighted by Crippen LogP contribution is -2.43. The smallest absolute Gasteiger partial charge is 0.459 e. The Kier molecular flexibility index (Phi) is 10.0. The molecule has 1 aromatic carbocycles. The highest BCUT2D eigenvalue weighted by Crippen LogP contribution is 2.49. The van der Waals surface area contributed by atoms with Crippen molar-refractivity contribution >= 4 is 20.4 Å². The summed E-state index contributed by atoms with van der Waals surface area (Å²) in [6, 6.07) is 8.30. The molecule has 214 valence electrons. The van der Waals surface area contributed by atoms with E-state index in [-0.39, 0.29) is 24.8 Å². The van der Waals surface area contributed by atoms with Gasteiger partial charge in [-0.3, -0.25) is 23.7 Å². The van der Waals surface area contributed by atoms with E-state index in [0.717, 1.165) is 10.6 Å². The van der Waals surface area contributed by atoms with Gasteiger partial charge in [-0.2, -0.15) is 5.09 Å². The summed E-state index contributed by atoms with van der Waals surface area (Å²) in [5, 5.41) is 13.8. The second-order valence-corrected chi connectivity index (χ2v) is 11.6.